The Balaban J connectivity index is 2.42. The lowest BCUT2D eigenvalue weighted by atomic mass is 10.2. The Morgan fingerprint density at radius 1 is 1.47 bits per heavy atom. The third-order valence-electron chi connectivity index (χ3n) is 2.31. The second kappa shape index (κ2) is 4.93. The van der Waals surface area contributed by atoms with Gasteiger partial charge in [0.05, 0.1) is 11.6 Å². The molecule has 88 valence electrons. The van der Waals surface area contributed by atoms with Crippen LogP contribution in [0.1, 0.15) is 17.4 Å². The van der Waals surface area contributed by atoms with Gasteiger partial charge >= 0.3 is 0 Å². The average Bonchev–Trinajstić information content (AvgIpc) is 2.35. The maximum absolute atomic E-state index is 10.9. The van der Waals surface area contributed by atoms with Gasteiger partial charge in [-0.05, 0) is 19.1 Å². The SMILES string of the molecule is C[C@H](O)COc1cc2ccccc2nc1C=O. The summed E-state index contributed by atoms with van der Waals surface area (Å²) in [6.45, 7) is 1.76. The smallest absolute Gasteiger partial charge is 0.172 e. The maximum Gasteiger partial charge on any atom is 0.172 e. The minimum atomic E-state index is -0.582. The van der Waals surface area contributed by atoms with E-state index in [1.165, 1.54) is 0 Å². The summed E-state index contributed by atoms with van der Waals surface area (Å²) in [4.78, 5) is 15.1. The van der Waals surface area contributed by atoms with E-state index in [0.29, 0.717) is 12.0 Å². The first kappa shape index (κ1) is 11.5. The molecule has 0 fully saturated rings. The first-order valence-corrected chi connectivity index (χ1v) is 5.36. The summed E-state index contributed by atoms with van der Waals surface area (Å²) in [6.07, 6.45) is 0.0741. The zero-order valence-electron chi connectivity index (χ0n) is 9.46. The second-order valence-electron chi connectivity index (χ2n) is 3.84. The molecule has 1 aromatic heterocycles. The Morgan fingerprint density at radius 2 is 2.24 bits per heavy atom. The number of nitrogens with zero attached hydrogens (tertiary/aromatic N) is 1. The average molecular weight is 231 g/mol. The van der Waals surface area contributed by atoms with Gasteiger partial charge < -0.3 is 9.84 Å². The second-order valence-corrected chi connectivity index (χ2v) is 3.84. The number of rotatable bonds is 4. The van der Waals surface area contributed by atoms with Crippen LogP contribution in [0.2, 0.25) is 0 Å². The lowest BCUT2D eigenvalue weighted by Crippen LogP contribution is -2.14. The van der Waals surface area contributed by atoms with Crippen LogP contribution in [0.15, 0.2) is 30.3 Å². The van der Waals surface area contributed by atoms with Crippen LogP contribution in [-0.4, -0.2) is 29.1 Å². The van der Waals surface area contributed by atoms with E-state index in [-0.39, 0.29) is 12.3 Å². The van der Waals surface area contributed by atoms with Crippen LogP contribution in [0.3, 0.4) is 0 Å². The van der Waals surface area contributed by atoms with Crippen molar-refractivity contribution in [3.05, 3.63) is 36.0 Å². The van der Waals surface area contributed by atoms with Gasteiger partial charge in [-0.3, -0.25) is 4.79 Å². The van der Waals surface area contributed by atoms with Gasteiger partial charge in [0.15, 0.2) is 6.29 Å². The van der Waals surface area contributed by atoms with Crippen LogP contribution in [-0.2, 0) is 0 Å². The van der Waals surface area contributed by atoms with Crippen molar-refractivity contribution in [1.82, 2.24) is 4.98 Å². The summed E-state index contributed by atoms with van der Waals surface area (Å²) in [6, 6.07) is 9.24. The molecule has 0 saturated carbocycles. The first-order chi connectivity index (χ1) is 8.20. The zero-order valence-corrected chi connectivity index (χ0v) is 9.46. The van der Waals surface area contributed by atoms with E-state index in [1.54, 1.807) is 13.0 Å². The molecule has 0 radical (unpaired) electrons. The summed E-state index contributed by atoms with van der Waals surface area (Å²) in [5.74, 6) is 0.402. The third kappa shape index (κ3) is 2.60. The van der Waals surface area contributed by atoms with E-state index >= 15 is 0 Å². The summed E-state index contributed by atoms with van der Waals surface area (Å²) in [7, 11) is 0. The first-order valence-electron chi connectivity index (χ1n) is 5.36. The van der Waals surface area contributed by atoms with Gasteiger partial charge in [-0.1, -0.05) is 18.2 Å². The normalized spacial score (nSPS) is 12.4. The Bertz CT molecular complexity index is 537. The summed E-state index contributed by atoms with van der Waals surface area (Å²) in [5, 5.41) is 10.1. The Morgan fingerprint density at radius 3 is 2.94 bits per heavy atom. The topological polar surface area (TPSA) is 59.4 Å². The summed E-state index contributed by atoms with van der Waals surface area (Å²) in [5.41, 5.74) is 1.00. The van der Waals surface area contributed by atoms with E-state index in [0.717, 1.165) is 10.9 Å². The molecule has 1 N–H and O–H groups in total. The molecule has 1 aromatic carbocycles. The molecule has 2 rings (SSSR count). The predicted octanol–water partition coefficient (Wildman–Crippen LogP) is 1.81. The van der Waals surface area contributed by atoms with Crippen molar-refractivity contribution in [3.63, 3.8) is 0 Å². The number of para-hydroxylation sites is 1. The van der Waals surface area contributed by atoms with Gasteiger partial charge in [0.1, 0.15) is 18.1 Å². The fourth-order valence-electron chi connectivity index (χ4n) is 1.52. The number of aldehydes is 1. The number of aliphatic hydroxyl groups excluding tert-OH is 1. The number of carbonyl (C=O) groups excluding carboxylic acids is 1. The molecule has 0 amide bonds. The van der Waals surface area contributed by atoms with Crippen LogP contribution in [0.25, 0.3) is 10.9 Å². The predicted molar refractivity (Wildman–Crippen MR) is 64.3 cm³/mol. The third-order valence-corrected chi connectivity index (χ3v) is 2.31. The van der Waals surface area contributed by atoms with Crippen molar-refractivity contribution in [3.8, 4) is 5.75 Å². The van der Waals surface area contributed by atoms with Gasteiger partial charge in [0.25, 0.3) is 0 Å². The largest absolute Gasteiger partial charge is 0.488 e. The highest BCUT2D eigenvalue weighted by Crippen LogP contribution is 2.21. The molecule has 0 aliphatic heterocycles. The summed E-state index contributed by atoms with van der Waals surface area (Å²) >= 11 is 0. The maximum atomic E-state index is 10.9. The molecule has 0 bridgehead atoms. The molecular formula is C13H13NO3. The number of hydrogen-bond acceptors (Lipinski definition) is 4. The lowest BCUT2D eigenvalue weighted by molar-refractivity contribution is 0.109. The molecule has 0 saturated heterocycles. The molecule has 17 heavy (non-hydrogen) atoms. The summed E-state index contributed by atoms with van der Waals surface area (Å²) < 4.78 is 5.35. The molecule has 4 heteroatoms. The fourth-order valence-corrected chi connectivity index (χ4v) is 1.52. The molecule has 1 heterocycles. The fraction of sp³-hybridized carbons (Fsp3) is 0.231. The van der Waals surface area contributed by atoms with Crippen molar-refractivity contribution >= 4 is 17.2 Å². The van der Waals surface area contributed by atoms with Crippen LogP contribution in [0.5, 0.6) is 5.75 Å². The van der Waals surface area contributed by atoms with E-state index < -0.39 is 6.10 Å². The molecule has 0 aliphatic rings. The van der Waals surface area contributed by atoms with Crippen LogP contribution < -0.4 is 4.74 Å². The number of benzene rings is 1. The van der Waals surface area contributed by atoms with E-state index in [2.05, 4.69) is 4.98 Å². The van der Waals surface area contributed by atoms with Crippen molar-refractivity contribution in [2.45, 2.75) is 13.0 Å². The highest BCUT2D eigenvalue weighted by atomic mass is 16.5. The van der Waals surface area contributed by atoms with Crippen LogP contribution in [0, 0.1) is 0 Å². The zero-order chi connectivity index (χ0) is 12.3. The number of hydrogen-bond donors (Lipinski definition) is 1. The number of carbonyl (C=O) groups is 1. The molecule has 0 spiro atoms. The Hall–Kier alpha value is -1.94. The van der Waals surface area contributed by atoms with Crippen LogP contribution >= 0.6 is 0 Å². The monoisotopic (exact) mass is 231 g/mol. The minimum absolute atomic E-state index is 0.140. The van der Waals surface area contributed by atoms with Crippen molar-refractivity contribution in [2.24, 2.45) is 0 Å². The number of aromatic nitrogens is 1. The highest BCUT2D eigenvalue weighted by molar-refractivity contribution is 5.86. The lowest BCUT2D eigenvalue weighted by Gasteiger charge is -2.10. The standard InChI is InChI=1S/C13H13NO3/c1-9(16)8-17-13-6-10-4-2-3-5-11(10)14-12(13)7-15/h2-7,9,16H,8H2,1H3/t9-/m0/s1. The molecule has 1 atom stereocenters. The van der Waals surface area contributed by atoms with E-state index in [9.17, 15) is 4.79 Å². The number of pyridine rings is 1. The van der Waals surface area contributed by atoms with Crippen LogP contribution in [0.4, 0.5) is 0 Å². The highest BCUT2D eigenvalue weighted by Gasteiger charge is 2.08. The Labute approximate surface area is 98.9 Å². The van der Waals surface area contributed by atoms with E-state index in [4.69, 9.17) is 9.84 Å². The van der Waals surface area contributed by atoms with Gasteiger partial charge in [-0.25, -0.2) is 4.98 Å². The molecule has 0 aliphatic carbocycles. The molecular weight excluding hydrogens is 218 g/mol. The quantitative estimate of drug-likeness (QED) is 0.815. The van der Waals surface area contributed by atoms with Crippen molar-refractivity contribution in [1.29, 1.82) is 0 Å². The van der Waals surface area contributed by atoms with Gasteiger partial charge in [0.2, 0.25) is 0 Å². The van der Waals surface area contributed by atoms with Crippen molar-refractivity contribution in [2.75, 3.05) is 6.61 Å². The molecule has 4 nitrogen and oxygen atoms in total. The number of aliphatic hydroxyl groups is 1. The number of ether oxygens (including phenoxy) is 1. The molecule has 2 aromatic rings. The van der Waals surface area contributed by atoms with Gasteiger partial charge in [-0.2, -0.15) is 0 Å². The minimum Gasteiger partial charge on any atom is -0.488 e. The van der Waals surface area contributed by atoms with Gasteiger partial charge in [0, 0.05) is 5.39 Å². The number of fused-ring (bicyclic) bond motifs is 1. The van der Waals surface area contributed by atoms with Gasteiger partial charge in [-0.15, -0.1) is 0 Å². The van der Waals surface area contributed by atoms with Crippen molar-refractivity contribution < 1.29 is 14.6 Å². The van der Waals surface area contributed by atoms with E-state index in [1.807, 2.05) is 24.3 Å². The molecule has 0 unspecified atom stereocenters. The Kier molecular flexibility index (Phi) is 3.35.